The molecule has 0 aliphatic carbocycles. The number of nitro benzene ring substituents is 1. The highest BCUT2D eigenvalue weighted by Crippen LogP contribution is 2.36. The number of hydrogen-bond acceptors (Lipinski definition) is 6. The summed E-state index contributed by atoms with van der Waals surface area (Å²) in [6.07, 6.45) is 1.33. The molecule has 0 atom stereocenters. The third-order valence-corrected chi connectivity index (χ3v) is 5.22. The third-order valence-electron chi connectivity index (χ3n) is 3.96. The van der Waals surface area contributed by atoms with Crippen LogP contribution in [0.25, 0.3) is 6.08 Å². The first kappa shape index (κ1) is 19.8. The molecule has 0 unspecified atom stereocenters. The summed E-state index contributed by atoms with van der Waals surface area (Å²) in [4.78, 5) is 36.2. The Hall–Kier alpha value is -2.91. The van der Waals surface area contributed by atoms with Gasteiger partial charge in [0.1, 0.15) is 11.6 Å². The van der Waals surface area contributed by atoms with Gasteiger partial charge in [-0.15, -0.1) is 0 Å². The lowest BCUT2D eigenvalue weighted by Gasteiger charge is -2.14. The van der Waals surface area contributed by atoms with Gasteiger partial charge < -0.3 is 4.74 Å². The minimum Gasteiger partial charge on any atom is -0.496 e. The van der Waals surface area contributed by atoms with E-state index < -0.39 is 21.9 Å². The highest BCUT2D eigenvalue weighted by atomic mass is 35.5. The zero-order valence-electron chi connectivity index (χ0n) is 14.3. The molecule has 28 heavy (non-hydrogen) atoms. The fraction of sp³-hybridized carbons (Fsp3) is 0.111. The number of thioether (sulfide) groups is 1. The van der Waals surface area contributed by atoms with Crippen LogP contribution < -0.4 is 4.74 Å². The second kappa shape index (κ2) is 7.99. The lowest BCUT2D eigenvalue weighted by Crippen LogP contribution is -2.28. The minimum absolute atomic E-state index is 0.0284. The van der Waals surface area contributed by atoms with Crippen LogP contribution in [0.3, 0.4) is 0 Å². The molecule has 0 aromatic heterocycles. The van der Waals surface area contributed by atoms with Crippen molar-refractivity contribution in [1.82, 2.24) is 4.90 Å². The number of ether oxygens (including phenoxy) is 1. The molecule has 1 saturated heterocycles. The van der Waals surface area contributed by atoms with E-state index in [0.717, 1.165) is 4.90 Å². The molecular formula is C18H12ClFN2O5S. The molecule has 0 bridgehead atoms. The van der Waals surface area contributed by atoms with E-state index in [9.17, 15) is 24.1 Å². The molecule has 10 heteroatoms. The van der Waals surface area contributed by atoms with E-state index >= 15 is 0 Å². The van der Waals surface area contributed by atoms with Crippen LogP contribution in [-0.4, -0.2) is 28.1 Å². The number of nitrogens with zero attached hydrogens (tertiary/aromatic N) is 2. The first-order chi connectivity index (χ1) is 13.3. The Morgan fingerprint density at radius 3 is 2.71 bits per heavy atom. The monoisotopic (exact) mass is 422 g/mol. The summed E-state index contributed by atoms with van der Waals surface area (Å²) in [6.45, 7) is -0.320. The van der Waals surface area contributed by atoms with Crippen LogP contribution >= 0.6 is 23.4 Å². The molecule has 7 nitrogen and oxygen atoms in total. The Kier molecular flexibility index (Phi) is 5.66. The smallest absolute Gasteiger partial charge is 0.293 e. The van der Waals surface area contributed by atoms with E-state index in [1.165, 1.54) is 49.6 Å². The second-order valence-corrected chi connectivity index (χ2v) is 7.05. The molecule has 0 radical (unpaired) electrons. The van der Waals surface area contributed by atoms with E-state index in [-0.39, 0.29) is 33.3 Å². The van der Waals surface area contributed by atoms with Crippen molar-refractivity contribution in [2.45, 2.75) is 6.54 Å². The summed E-state index contributed by atoms with van der Waals surface area (Å²) in [5.41, 5.74) is 0.108. The van der Waals surface area contributed by atoms with Crippen molar-refractivity contribution in [1.29, 1.82) is 0 Å². The van der Waals surface area contributed by atoms with Crippen molar-refractivity contribution in [2.75, 3.05) is 7.11 Å². The molecular weight excluding hydrogens is 411 g/mol. The average Bonchev–Trinajstić information content (AvgIpc) is 2.91. The van der Waals surface area contributed by atoms with Crippen LogP contribution in [0.4, 0.5) is 14.9 Å². The fourth-order valence-electron chi connectivity index (χ4n) is 2.57. The number of carbonyl (C=O) groups is 2. The molecule has 2 aromatic carbocycles. The number of imide groups is 1. The summed E-state index contributed by atoms with van der Waals surface area (Å²) in [5, 5.41) is 10.5. The van der Waals surface area contributed by atoms with Crippen LogP contribution in [0, 0.1) is 15.9 Å². The van der Waals surface area contributed by atoms with Crippen molar-refractivity contribution >= 4 is 46.3 Å². The number of nitro groups is 1. The lowest BCUT2D eigenvalue weighted by molar-refractivity contribution is -0.384. The maximum absolute atomic E-state index is 14.0. The van der Waals surface area contributed by atoms with Gasteiger partial charge in [0.05, 0.1) is 23.5 Å². The highest BCUT2D eigenvalue weighted by molar-refractivity contribution is 8.18. The summed E-state index contributed by atoms with van der Waals surface area (Å²) in [6, 6.07) is 7.96. The summed E-state index contributed by atoms with van der Waals surface area (Å²) in [7, 11) is 1.38. The number of hydrogen-bond donors (Lipinski definition) is 0. The SMILES string of the molecule is COc1ccc([N+](=O)[O-])cc1/C=C1/SC(=O)N(Cc2c(F)cccc2Cl)C1=O. The van der Waals surface area contributed by atoms with Crippen molar-refractivity contribution in [3.63, 3.8) is 0 Å². The number of carbonyl (C=O) groups excluding carboxylic acids is 2. The molecule has 1 aliphatic rings. The van der Waals surface area contributed by atoms with Gasteiger partial charge in [-0.25, -0.2) is 4.39 Å². The predicted octanol–water partition coefficient (Wildman–Crippen LogP) is 4.63. The van der Waals surface area contributed by atoms with Gasteiger partial charge in [0.15, 0.2) is 0 Å². The first-order valence-corrected chi connectivity index (χ1v) is 9.02. The first-order valence-electron chi connectivity index (χ1n) is 7.82. The normalized spacial score (nSPS) is 15.4. The van der Waals surface area contributed by atoms with Gasteiger partial charge in [0.2, 0.25) is 0 Å². The Morgan fingerprint density at radius 2 is 2.07 bits per heavy atom. The summed E-state index contributed by atoms with van der Waals surface area (Å²) in [5.74, 6) is -0.978. The van der Waals surface area contributed by atoms with Crippen LogP contribution in [0.2, 0.25) is 5.02 Å². The Morgan fingerprint density at radius 1 is 1.32 bits per heavy atom. The lowest BCUT2D eigenvalue weighted by atomic mass is 10.1. The number of rotatable bonds is 5. The fourth-order valence-corrected chi connectivity index (χ4v) is 3.62. The molecule has 1 fully saturated rings. The van der Waals surface area contributed by atoms with E-state index in [4.69, 9.17) is 16.3 Å². The summed E-state index contributed by atoms with van der Waals surface area (Å²) >= 11 is 6.61. The number of non-ortho nitro benzene ring substituents is 1. The van der Waals surface area contributed by atoms with E-state index in [1.54, 1.807) is 0 Å². The van der Waals surface area contributed by atoms with Crippen LogP contribution in [0.5, 0.6) is 5.75 Å². The quantitative estimate of drug-likeness (QED) is 0.396. The molecule has 3 rings (SSSR count). The minimum atomic E-state index is -0.650. The predicted molar refractivity (Wildman–Crippen MR) is 103 cm³/mol. The molecule has 0 spiro atoms. The van der Waals surface area contributed by atoms with Gasteiger partial charge in [-0.3, -0.25) is 24.6 Å². The average molecular weight is 423 g/mol. The number of halogens is 2. The van der Waals surface area contributed by atoms with Gasteiger partial charge >= 0.3 is 0 Å². The van der Waals surface area contributed by atoms with E-state index in [1.807, 2.05) is 0 Å². The van der Waals surface area contributed by atoms with Crippen LogP contribution in [0.1, 0.15) is 11.1 Å². The molecule has 2 amide bonds. The van der Waals surface area contributed by atoms with Gasteiger partial charge in [0, 0.05) is 28.3 Å². The Bertz CT molecular complexity index is 1010. The zero-order valence-corrected chi connectivity index (χ0v) is 15.9. The number of amides is 2. The molecule has 2 aromatic rings. The third kappa shape index (κ3) is 3.85. The van der Waals surface area contributed by atoms with Crippen molar-refractivity contribution in [2.24, 2.45) is 0 Å². The highest BCUT2D eigenvalue weighted by Gasteiger charge is 2.36. The van der Waals surface area contributed by atoms with Gasteiger partial charge in [-0.1, -0.05) is 17.7 Å². The van der Waals surface area contributed by atoms with Crippen molar-refractivity contribution in [3.8, 4) is 5.75 Å². The molecule has 1 heterocycles. The maximum atomic E-state index is 14.0. The zero-order chi connectivity index (χ0) is 20.4. The van der Waals surface area contributed by atoms with E-state index in [2.05, 4.69) is 0 Å². The largest absolute Gasteiger partial charge is 0.496 e. The number of benzene rings is 2. The molecule has 144 valence electrons. The maximum Gasteiger partial charge on any atom is 0.293 e. The van der Waals surface area contributed by atoms with Crippen LogP contribution in [0.15, 0.2) is 41.3 Å². The second-order valence-electron chi connectivity index (χ2n) is 5.65. The molecule has 0 N–H and O–H groups in total. The standard InChI is InChI=1S/C18H12ClFN2O5S/c1-27-15-6-5-11(22(25)26)7-10(15)8-16-17(23)21(18(24)28-16)9-12-13(19)3-2-4-14(12)20/h2-8H,9H2,1H3/b16-8+. The van der Waals surface area contributed by atoms with Gasteiger partial charge in [0.25, 0.3) is 16.8 Å². The van der Waals surface area contributed by atoms with Crippen molar-refractivity contribution in [3.05, 3.63) is 73.4 Å². The Labute approximate surface area is 167 Å². The van der Waals surface area contributed by atoms with Crippen molar-refractivity contribution < 1.29 is 23.6 Å². The van der Waals surface area contributed by atoms with Gasteiger partial charge in [-0.05, 0) is 36.0 Å². The van der Waals surface area contributed by atoms with E-state index in [0.29, 0.717) is 17.5 Å². The number of methoxy groups -OCH3 is 1. The Balaban J connectivity index is 1.94. The molecule has 1 aliphatic heterocycles. The molecule has 0 saturated carbocycles. The van der Waals surface area contributed by atoms with Crippen LogP contribution in [-0.2, 0) is 11.3 Å². The topological polar surface area (TPSA) is 89.8 Å². The summed E-state index contributed by atoms with van der Waals surface area (Å²) < 4.78 is 19.1. The van der Waals surface area contributed by atoms with Gasteiger partial charge in [-0.2, -0.15) is 0 Å².